The number of nitrogens with one attached hydrogen (secondary N) is 1. The maximum absolute atomic E-state index is 11.7. The van der Waals surface area contributed by atoms with Gasteiger partial charge in [0.25, 0.3) is 0 Å². The third kappa shape index (κ3) is 26.1. The number of fused-ring (bicyclic) bond motifs is 1. The molecule has 6 aromatic rings. The summed E-state index contributed by atoms with van der Waals surface area (Å²) in [5.74, 6) is 1.90. The summed E-state index contributed by atoms with van der Waals surface area (Å²) in [6.45, 7) is 39.5. The second-order valence-electron chi connectivity index (χ2n) is 21.1. The van der Waals surface area contributed by atoms with E-state index in [1.165, 1.54) is 22.3 Å². The summed E-state index contributed by atoms with van der Waals surface area (Å²) in [4.78, 5) is 17.9. The summed E-state index contributed by atoms with van der Waals surface area (Å²) in [6, 6.07) is 42.6. The summed E-state index contributed by atoms with van der Waals surface area (Å²) >= 11 is 0. The van der Waals surface area contributed by atoms with Gasteiger partial charge >= 0.3 is 5.69 Å². The van der Waals surface area contributed by atoms with E-state index in [-0.39, 0.29) is 66.6 Å². The molecule has 0 aliphatic heterocycles. The largest absolute Gasteiger partial charge is 0.497 e. The lowest BCUT2D eigenvalue weighted by molar-refractivity contribution is 0.397. The van der Waals surface area contributed by atoms with Gasteiger partial charge in [-0.1, -0.05) is 225 Å². The number of para-hydroxylation sites is 3. The van der Waals surface area contributed by atoms with Crippen molar-refractivity contribution in [2.75, 3.05) is 14.2 Å². The number of aromatic amines is 1. The van der Waals surface area contributed by atoms with Crippen LogP contribution < -0.4 is 15.2 Å². The van der Waals surface area contributed by atoms with Gasteiger partial charge in [0.05, 0.1) is 31.8 Å². The molecule has 0 saturated heterocycles. The van der Waals surface area contributed by atoms with E-state index >= 15 is 0 Å². The molecule has 382 valence electrons. The minimum Gasteiger partial charge on any atom is -0.497 e. The Balaban J connectivity index is -0.000000238. The zero-order valence-corrected chi connectivity index (χ0v) is 41.2. The first-order valence-electron chi connectivity index (χ1n) is 21.7. The van der Waals surface area contributed by atoms with E-state index in [1.54, 1.807) is 18.8 Å². The van der Waals surface area contributed by atoms with Crippen molar-refractivity contribution in [3.05, 3.63) is 172 Å². The van der Waals surface area contributed by atoms with Crippen LogP contribution in [0.5, 0.6) is 11.5 Å². The molecule has 0 aliphatic rings. The third-order valence-electron chi connectivity index (χ3n) is 9.51. The van der Waals surface area contributed by atoms with Crippen LogP contribution in [-0.4, -0.2) is 23.8 Å². The highest BCUT2D eigenvalue weighted by Crippen LogP contribution is 2.30. The maximum Gasteiger partial charge on any atom is 0.326 e. The minimum absolute atomic E-state index is 0. The van der Waals surface area contributed by atoms with Gasteiger partial charge in [0.1, 0.15) is 11.5 Å². The molecule has 68 heavy (non-hydrogen) atoms. The normalized spacial score (nSPS) is 10.5. The molecular formula is C62H101N3O3. The van der Waals surface area contributed by atoms with E-state index in [4.69, 9.17) is 16.0 Å². The van der Waals surface area contributed by atoms with Crippen LogP contribution in [0.4, 0.5) is 5.69 Å². The van der Waals surface area contributed by atoms with Crippen molar-refractivity contribution in [2.45, 2.75) is 178 Å². The van der Waals surface area contributed by atoms with Crippen LogP contribution in [-0.2, 0) is 29.2 Å². The molecular weight excluding hydrogens is 835 g/mol. The number of methoxy groups -OCH3 is 2. The summed E-state index contributed by atoms with van der Waals surface area (Å²) in [5, 5.41) is 0. The first kappa shape index (κ1) is 71.5. The van der Waals surface area contributed by atoms with Gasteiger partial charge in [-0.15, -0.1) is 0 Å². The SMILES string of the molecule is C.C.C.C.C.C.CC(C)(C)Cc1ccccc1.CC(C)(C)n1c(=O)[nH]c2ccccc21.COc1ccc(C(C)(C)C)cc1.COc1ccccc1C(C)(C)C.[C-]#[N+]c1ccc(CC(C)(C)C)cc1. The number of hydrogen-bond acceptors (Lipinski definition) is 3. The lowest BCUT2D eigenvalue weighted by atomic mass is 9.86. The molecule has 1 N–H and O–H groups in total. The maximum atomic E-state index is 11.7. The predicted octanol–water partition coefficient (Wildman–Crippen LogP) is 19.0. The van der Waals surface area contributed by atoms with Crippen molar-refractivity contribution in [1.82, 2.24) is 9.55 Å². The number of ether oxygens (including phenoxy) is 2. The summed E-state index contributed by atoms with van der Waals surface area (Å²) in [5.41, 5.74) is 8.79. The molecule has 6 nitrogen and oxygen atoms in total. The fourth-order valence-corrected chi connectivity index (χ4v) is 6.59. The zero-order valence-electron chi connectivity index (χ0n) is 41.2. The van der Waals surface area contributed by atoms with Crippen molar-refractivity contribution in [3.8, 4) is 11.5 Å². The summed E-state index contributed by atoms with van der Waals surface area (Å²) in [6.07, 6.45) is 2.22. The average molecular weight is 937 g/mol. The second kappa shape index (κ2) is 31.5. The van der Waals surface area contributed by atoms with Crippen molar-refractivity contribution in [1.29, 1.82) is 0 Å². The molecule has 0 atom stereocenters. The van der Waals surface area contributed by atoms with Crippen molar-refractivity contribution in [2.24, 2.45) is 10.8 Å². The smallest absolute Gasteiger partial charge is 0.326 e. The first-order chi connectivity index (χ1) is 28.7. The Morgan fingerprint density at radius 2 is 0.956 bits per heavy atom. The fourth-order valence-electron chi connectivity index (χ4n) is 6.59. The van der Waals surface area contributed by atoms with Crippen LogP contribution in [0.2, 0.25) is 0 Å². The first-order valence-corrected chi connectivity index (χ1v) is 21.7. The third-order valence-corrected chi connectivity index (χ3v) is 9.51. The molecule has 1 heterocycles. The molecule has 0 unspecified atom stereocenters. The van der Waals surface area contributed by atoms with Crippen molar-refractivity contribution >= 4 is 16.7 Å². The topological polar surface area (TPSA) is 60.6 Å². The molecule has 0 bridgehead atoms. The molecule has 0 spiro atoms. The molecule has 1 aromatic heterocycles. The van der Waals surface area contributed by atoms with Crippen LogP contribution in [0.1, 0.15) is 171 Å². The Morgan fingerprint density at radius 3 is 1.35 bits per heavy atom. The zero-order chi connectivity index (χ0) is 46.9. The quantitative estimate of drug-likeness (QED) is 0.179. The van der Waals surface area contributed by atoms with Crippen LogP contribution in [0, 0.1) is 17.4 Å². The number of H-pyrrole nitrogens is 1. The molecule has 0 saturated carbocycles. The van der Waals surface area contributed by atoms with E-state index in [9.17, 15) is 4.79 Å². The van der Waals surface area contributed by atoms with Gasteiger partial charge in [-0.3, -0.25) is 4.57 Å². The van der Waals surface area contributed by atoms with Gasteiger partial charge in [-0.05, 0) is 108 Å². The van der Waals surface area contributed by atoms with E-state index in [0.717, 1.165) is 41.1 Å². The number of imidazole rings is 1. The lowest BCUT2D eigenvalue weighted by Crippen LogP contribution is -2.31. The number of rotatable bonds is 4. The molecule has 0 fully saturated rings. The van der Waals surface area contributed by atoms with Crippen molar-refractivity contribution < 1.29 is 9.47 Å². The molecule has 6 rings (SSSR count). The highest BCUT2D eigenvalue weighted by Gasteiger charge is 2.19. The van der Waals surface area contributed by atoms with E-state index < -0.39 is 0 Å². The molecule has 0 radical (unpaired) electrons. The molecule has 6 heteroatoms. The second-order valence-corrected chi connectivity index (χ2v) is 21.1. The van der Waals surface area contributed by atoms with Crippen molar-refractivity contribution in [3.63, 3.8) is 0 Å². The number of hydrogen-bond donors (Lipinski definition) is 1. The van der Waals surface area contributed by atoms with E-state index in [0.29, 0.717) is 10.8 Å². The minimum atomic E-state index is -0.184. The van der Waals surface area contributed by atoms with E-state index in [1.807, 2.05) is 99.6 Å². The Morgan fingerprint density at radius 1 is 0.515 bits per heavy atom. The van der Waals surface area contributed by atoms with Gasteiger partial charge < -0.3 is 14.5 Å². The van der Waals surface area contributed by atoms with Gasteiger partial charge in [-0.25, -0.2) is 9.64 Å². The van der Waals surface area contributed by atoms with Gasteiger partial charge in [-0.2, -0.15) is 0 Å². The van der Waals surface area contributed by atoms with Crippen LogP contribution in [0.15, 0.2) is 132 Å². The lowest BCUT2D eigenvalue weighted by Gasteiger charge is -2.21. The molecule has 0 amide bonds. The average Bonchev–Trinajstić information content (AvgIpc) is 3.54. The molecule has 5 aromatic carbocycles. The van der Waals surface area contributed by atoms with Crippen LogP contribution in [0.3, 0.4) is 0 Å². The van der Waals surface area contributed by atoms with Gasteiger partial charge in [0.2, 0.25) is 0 Å². The highest BCUT2D eigenvalue weighted by atomic mass is 16.5. The molecule has 0 aliphatic carbocycles. The Kier molecular flexibility index (Phi) is 33.1. The number of benzene rings is 5. The van der Waals surface area contributed by atoms with Crippen LogP contribution >= 0.6 is 0 Å². The summed E-state index contributed by atoms with van der Waals surface area (Å²) < 4.78 is 12.1. The monoisotopic (exact) mass is 936 g/mol. The Labute approximate surface area is 419 Å². The Bertz CT molecular complexity index is 2290. The van der Waals surface area contributed by atoms with Crippen LogP contribution in [0.25, 0.3) is 15.9 Å². The standard InChI is InChI=1S/C12H15N.C11H14N2O.2C11H16O.C11H16.6CH4/c1-12(2,3)9-10-5-7-11(13-4)8-6-10;1-11(2,3)13-9-7-5-4-6-8(9)12-10(13)14;1-11(2,3)9-5-7-10(12-4)8-6-9;1-11(2,3)9-7-5-6-8-10(9)12-4;1-11(2,3)9-10-7-5-4-6-8-10;;;;;;/h5-8H,9H2,1-3H3;4-7H,1-3H3,(H,12,14);2*5-8H,1-4H3;4-8H,9H2,1-3H3;6*1H4. The Hall–Kier alpha value is -5.54. The number of nitrogens with zero attached hydrogens (tertiary/aromatic N) is 2. The fraction of sp³-hybridized carbons (Fsp3) is 0.484. The highest BCUT2D eigenvalue weighted by molar-refractivity contribution is 5.75. The van der Waals surface area contributed by atoms with E-state index in [2.05, 4.69) is 141 Å². The van der Waals surface area contributed by atoms with Gasteiger partial charge in [0, 0.05) is 5.54 Å². The van der Waals surface area contributed by atoms with Gasteiger partial charge in [0.15, 0.2) is 5.69 Å². The number of aromatic nitrogens is 2. The predicted molar refractivity (Wildman–Crippen MR) is 307 cm³/mol. The summed E-state index contributed by atoms with van der Waals surface area (Å²) in [7, 11) is 3.40.